The molecule has 31 heavy (non-hydrogen) atoms. The maximum Gasteiger partial charge on any atom is 0.238 e. The summed E-state index contributed by atoms with van der Waals surface area (Å²) in [5.41, 5.74) is 2.18. The van der Waals surface area contributed by atoms with Crippen LogP contribution in [0, 0.1) is 19.7 Å². The van der Waals surface area contributed by atoms with Crippen molar-refractivity contribution in [2.45, 2.75) is 32.6 Å². The Hall–Kier alpha value is -3.33. The van der Waals surface area contributed by atoms with Crippen LogP contribution in [0.1, 0.15) is 36.0 Å². The highest BCUT2D eigenvalue weighted by Crippen LogP contribution is 2.28. The molecule has 0 radical (unpaired) electrons. The molecule has 8 nitrogen and oxygen atoms in total. The maximum absolute atomic E-state index is 13.7. The molecule has 0 saturated carbocycles. The van der Waals surface area contributed by atoms with Crippen LogP contribution in [0.15, 0.2) is 36.4 Å². The van der Waals surface area contributed by atoms with E-state index in [1.807, 2.05) is 26.0 Å². The van der Waals surface area contributed by atoms with E-state index in [9.17, 15) is 9.18 Å². The maximum atomic E-state index is 13.7. The van der Waals surface area contributed by atoms with Crippen LogP contribution >= 0.6 is 0 Å². The molecule has 1 amide bonds. The van der Waals surface area contributed by atoms with Gasteiger partial charge < -0.3 is 10.6 Å². The molecule has 3 N–H and O–H groups in total. The first-order valence-electron chi connectivity index (χ1n) is 10.4. The Balaban J connectivity index is 1.33. The molecule has 0 spiro atoms. The van der Waals surface area contributed by atoms with Gasteiger partial charge in [0.1, 0.15) is 17.5 Å². The molecule has 1 aliphatic heterocycles. The number of likely N-dealkylation sites (tertiary alicyclic amines) is 1. The standard InChI is InChI=1S/C22H26FN7O/c1-14-11-21(29-28-14)27-20-12-19(24-15(2)25-20)16-7-9-30(10-8-16)13-22(31)26-18-6-4-3-5-17(18)23/h3-6,11-12,16H,7-10,13H2,1-2H3,(H,26,31)(H2,24,25,27,28,29). The van der Waals surface area contributed by atoms with Crippen LogP contribution in [0.5, 0.6) is 0 Å². The van der Waals surface area contributed by atoms with E-state index in [1.54, 1.807) is 18.2 Å². The van der Waals surface area contributed by atoms with Gasteiger partial charge in [0.2, 0.25) is 5.91 Å². The SMILES string of the molecule is Cc1nc(Nc2cc(C)[nH]n2)cc(C2CCN(CC(=O)Nc3ccccc3F)CC2)n1. The van der Waals surface area contributed by atoms with Crippen LogP contribution in [0.25, 0.3) is 0 Å². The molecule has 9 heteroatoms. The van der Waals surface area contributed by atoms with Crippen molar-refractivity contribution < 1.29 is 9.18 Å². The minimum atomic E-state index is -0.428. The molecule has 162 valence electrons. The highest BCUT2D eigenvalue weighted by Gasteiger charge is 2.24. The van der Waals surface area contributed by atoms with E-state index >= 15 is 0 Å². The second kappa shape index (κ2) is 9.22. The number of benzene rings is 1. The fourth-order valence-corrected chi connectivity index (χ4v) is 3.82. The van der Waals surface area contributed by atoms with Gasteiger partial charge in [-0.25, -0.2) is 14.4 Å². The summed E-state index contributed by atoms with van der Waals surface area (Å²) in [5.74, 6) is 1.82. The fraction of sp³-hybridized carbons (Fsp3) is 0.364. The number of nitrogens with zero attached hydrogens (tertiary/aromatic N) is 4. The summed E-state index contributed by atoms with van der Waals surface area (Å²) < 4.78 is 13.7. The van der Waals surface area contributed by atoms with E-state index in [0.717, 1.165) is 49.0 Å². The molecule has 3 aromatic rings. The Bertz CT molecular complexity index is 1060. The number of aryl methyl sites for hydroxylation is 2. The first-order valence-corrected chi connectivity index (χ1v) is 10.4. The quantitative estimate of drug-likeness (QED) is 0.561. The summed E-state index contributed by atoms with van der Waals surface area (Å²) in [4.78, 5) is 23.5. The number of halogens is 1. The van der Waals surface area contributed by atoms with Gasteiger partial charge in [-0.3, -0.25) is 14.8 Å². The first kappa shape index (κ1) is 20.9. The number of H-pyrrole nitrogens is 1. The molecule has 2 aromatic heterocycles. The molecule has 0 aliphatic carbocycles. The van der Waals surface area contributed by atoms with Gasteiger partial charge in [0.05, 0.1) is 12.2 Å². The lowest BCUT2D eigenvalue weighted by atomic mass is 9.93. The number of nitrogens with one attached hydrogen (secondary N) is 3. The summed E-state index contributed by atoms with van der Waals surface area (Å²) in [6.45, 7) is 5.63. The molecule has 3 heterocycles. The minimum Gasteiger partial charge on any atom is -0.323 e. The number of amides is 1. The van der Waals surface area contributed by atoms with Crippen LogP contribution in [-0.4, -0.2) is 50.6 Å². The largest absolute Gasteiger partial charge is 0.323 e. The predicted molar refractivity (Wildman–Crippen MR) is 117 cm³/mol. The van der Waals surface area contributed by atoms with E-state index in [4.69, 9.17) is 0 Å². The van der Waals surface area contributed by atoms with Crippen molar-refractivity contribution in [2.75, 3.05) is 30.3 Å². The van der Waals surface area contributed by atoms with E-state index in [2.05, 4.69) is 35.7 Å². The third kappa shape index (κ3) is 5.43. The summed E-state index contributed by atoms with van der Waals surface area (Å²) in [6.07, 6.45) is 1.79. The minimum absolute atomic E-state index is 0.206. The van der Waals surface area contributed by atoms with Crippen LogP contribution in [0.4, 0.5) is 21.7 Å². The number of carbonyl (C=O) groups excluding carboxylic acids is 1. The van der Waals surface area contributed by atoms with Crippen molar-refractivity contribution in [3.63, 3.8) is 0 Å². The monoisotopic (exact) mass is 423 g/mol. The molecule has 0 bridgehead atoms. The van der Waals surface area contributed by atoms with Gasteiger partial charge in [-0.15, -0.1) is 0 Å². The third-order valence-electron chi connectivity index (χ3n) is 5.34. The van der Waals surface area contributed by atoms with Crippen molar-refractivity contribution in [3.05, 3.63) is 59.4 Å². The Kier molecular flexibility index (Phi) is 6.22. The number of carbonyl (C=O) groups is 1. The summed E-state index contributed by atoms with van der Waals surface area (Å²) in [7, 11) is 0. The van der Waals surface area contributed by atoms with Crippen LogP contribution in [0.2, 0.25) is 0 Å². The lowest BCUT2D eigenvalue weighted by molar-refractivity contribution is -0.117. The summed E-state index contributed by atoms with van der Waals surface area (Å²) in [5, 5.41) is 13.0. The Morgan fingerprint density at radius 2 is 1.94 bits per heavy atom. The molecule has 0 unspecified atom stereocenters. The second-order valence-electron chi connectivity index (χ2n) is 7.86. The van der Waals surface area contributed by atoms with Gasteiger partial charge in [0, 0.05) is 29.4 Å². The first-order chi connectivity index (χ1) is 15.0. The zero-order valence-corrected chi connectivity index (χ0v) is 17.7. The van der Waals surface area contributed by atoms with Gasteiger partial charge in [-0.05, 0) is 51.9 Å². The van der Waals surface area contributed by atoms with Crippen molar-refractivity contribution in [3.8, 4) is 0 Å². The normalized spacial score (nSPS) is 15.1. The lowest BCUT2D eigenvalue weighted by Crippen LogP contribution is -2.39. The smallest absolute Gasteiger partial charge is 0.238 e. The number of aromatic nitrogens is 4. The van der Waals surface area contributed by atoms with Crippen molar-refractivity contribution in [2.24, 2.45) is 0 Å². The lowest BCUT2D eigenvalue weighted by Gasteiger charge is -2.31. The van der Waals surface area contributed by atoms with Crippen LogP contribution < -0.4 is 10.6 Å². The number of hydrogen-bond acceptors (Lipinski definition) is 6. The van der Waals surface area contributed by atoms with E-state index in [1.165, 1.54) is 6.07 Å². The Morgan fingerprint density at radius 1 is 1.16 bits per heavy atom. The van der Waals surface area contributed by atoms with Gasteiger partial charge in [0.25, 0.3) is 0 Å². The molecule has 4 rings (SSSR count). The number of piperidine rings is 1. The number of hydrogen-bond donors (Lipinski definition) is 3. The Labute approximate surface area is 180 Å². The zero-order chi connectivity index (χ0) is 21.8. The second-order valence-corrected chi connectivity index (χ2v) is 7.86. The van der Waals surface area contributed by atoms with Crippen molar-refractivity contribution in [1.82, 2.24) is 25.1 Å². The highest BCUT2D eigenvalue weighted by molar-refractivity contribution is 5.92. The molecule has 1 aromatic carbocycles. The van der Waals surface area contributed by atoms with Crippen molar-refractivity contribution >= 4 is 23.2 Å². The average Bonchev–Trinajstić information content (AvgIpc) is 3.14. The van der Waals surface area contributed by atoms with Crippen LogP contribution in [0.3, 0.4) is 0 Å². The van der Waals surface area contributed by atoms with E-state index < -0.39 is 5.82 Å². The average molecular weight is 423 g/mol. The molecular weight excluding hydrogens is 397 g/mol. The molecular formula is C22H26FN7O. The Morgan fingerprint density at radius 3 is 2.65 bits per heavy atom. The number of para-hydroxylation sites is 1. The summed E-state index contributed by atoms with van der Waals surface area (Å²) in [6, 6.07) is 10.1. The highest BCUT2D eigenvalue weighted by atomic mass is 19.1. The van der Waals surface area contributed by atoms with Gasteiger partial charge >= 0.3 is 0 Å². The third-order valence-corrected chi connectivity index (χ3v) is 5.34. The fourth-order valence-electron chi connectivity index (χ4n) is 3.82. The van der Waals surface area contributed by atoms with Crippen molar-refractivity contribution in [1.29, 1.82) is 0 Å². The number of rotatable bonds is 6. The van der Waals surface area contributed by atoms with Gasteiger partial charge in [-0.2, -0.15) is 5.10 Å². The van der Waals surface area contributed by atoms with Gasteiger partial charge in [-0.1, -0.05) is 12.1 Å². The van der Waals surface area contributed by atoms with E-state index in [-0.39, 0.29) is 18.1 Å². The van der Waals surface area contributed by atoms with E-state index in [0.29, 0.717) is 11.7 Å². The van der Waals surface area contributed by atoms with Crippen LogP contribution in [-0.2, 0) is 4.79 Å². The molecule has 1 aliphatic rings. The predicted octanol–water partition coefficient (Wildman–Crippen LogP) is 3.52. The molecule has 0 atom stereocenters. The molecule has 1 saturated heterocycles. The number of anilines is 3. The molecule has 1 fully saturated rings. The number of aromatic amines is 1. The topological polar surface area (TPSA) is 98.8 Å². The summed E-state index contributed by atoms with van der Waals surface area (Å²) >= 11 is 0. The zero-order valence-electron chi connectivity index (χ0n) is 17.7. The van der Waals surface area contributed by atoms with Gasteiger partial charge in [0.15, 0.2) is 5.82 Å².